The van der Waals surface area contributed by atoms with Gasteiger partial charge in [-0.25, -0.2) is 0 Å². The second kappa shape index (κ2) is 5.15. The molecule has 1 unspecified atom stereocenters. The first-order chi connectivity index (χ1) is 8.75. The first kappa shape index (κ1) is 13.0. The fourth-order valence-electron chi connectivity index (χ4n) is 6.15. The van der Waals surface area contributed by atoms with Crippen molar-refractivity contribution < 1.29 is 0 Å². The Labute approximate surface area is 113 Å². The van der Waals surface area contributed by atoms with E-state index in [-0.39, 0.29) is 0 Å². The minimum Gasteiger partial charge on any atom is -0.330 e. The standard InChI is InChI=1S/C17H31N/c1-2-4-16(5-3-6-18)17-10-13-7-14(11-17)9-15(8-13)12-17/h13-16H,2-12,18H2,1H3. The summed E-state index contributed by atoms with van der Waals surface area (Å²) in [5.74, 6) is 4.31. The SMILES string of the molecule is CCCC(CCCN)C12CC3CC(CC(C3)C1)C2. The maximum absolute atomic E-state index is 5.76. The monoisotopic (exact) mass is 249 g/mol. The molecule has 1 atom stereocenters. The van der Waals surface area contributed by atoms with Crippen LogP contribution in [-0.2, 0) is 0 Å². The Morgan fingerprint density at radius 2 is 1.56 bits per heavy atom. The molecular formula is C17H31N. The van der Waals surface area contributed by atoms with Gasteiger partial charge in [-0.2, -0.15) is 0 Å². The van der Waals surface area contributed by atoms with Crippen LogP contribution in [0.15, 0.2) is 0 Å². The molecule has 104 valence electrons. The van der Waals surface area contributed by atoms with Crippen molar-refractivity contribution in [3.63, 3.8) is 0 Å². The first-order valence-electron chi connectivity index (χ1n) is 8.46. The van der Waals surface area contributed by atoms with E-state index in [0.29, 0.717) is 0 Å². The molecule has 4 aliphatic rings. The van der Waals surface area contributed by atoms with Crippen molar-refractivity contribution in [2.75, 3.05) is 6.54 Å². The number of nitrogens with two attached hydrogens (primary N) is 1. The predicted molar refractivity (Wildman–Crippen MR) is 77.3 cm³/mol. The van der Waals surface area contributed by atoms with Gasteiger partial charge in [-0.05, 0) is 87.0 Å². The van der Waals surface area contributed by atoms with Gasteiger partial charge in [0.15, 0.2) is 0 Å². The molecule has 0 spiro atoms. The summed E-state index contributed by atoms with van der Waals surface area (Å²) in [7, 11) is 0. The summed E-state index contributed by atoms with van der Waals surface area (Å²) < 4.78 is 0. The van der Waals surface area contributed by atoms with Crippen LogP contribution in [0.25, 0.3) is 0 Å². The Kier molecular flexibility index (Phi) is 3.71. The van der Waals surface area contributed by atoms with E-state index in [2.05, 4.69) is 6.92 Å². The molecule has 1 nitrogen and oxygen atoms in total. The van der Waals surface area contributed by atoms with E-state index < -0.39 is 0 Å². The lowest BCUT2D eigenvalue weighted by Gasteiger charge is -2.60. The summed E-state index contributed by atoms with van der Waals surface area (Å²) >= 11 is 0. The lowest BCUT2D eigenvalue weighted by molar-refractivity contribution is -0.0913. The second-order valence-electron chi connectivity index (χ2n) is 7.70. The lowest BCUT2D eigenvalue weighted by Crippen LogP contribution is -2.49. The molecule has 0 aromatic carbocycles. The lowest BCUT2D eigenvalue weighted by atomic mass is 9.45. The van der Waals surface area contributed by atoms with E-state index in [1.165, 1.54) is 25.7 Å². The molecular weight excluding hydrogens is 218 g/mol. The van der Waals surface area contributed by atoms with Crippen LogP contribution in [0.5, 0.6) is 0 Å². The van der Waals surface area contributed by atoms with Gasteiger partial charge in [0.1, 0.15) is 0 Å². The van der Waals surface area contributed by atoms with Crippen LogP contribution in [-0.4, -0.2) is 6.54 Å². The molecule has 2 N–H and O–H groups in total. The van der Waals surface area contributed by atoms with E-state index in [1.807, 2.05) is 0 Å². The average molecular weight is 249 g/mol. The fraction of sp³-hybridized carbons (Fsp3) is 1.00. The third-order valence-corrected chi connectivity index (χ3v) is 6.35. The zero-order valence-electron chi connectivity index (χ0n) is 12.2. The maximum Gasteiger partial charge on any atom is -0.00772 e. The summed E-state index contributed by atoms with van der Waals surface area (Å²) in [6.07, 6.45) is 15.0. The van der Waals surface area contributed by atoms with Gasteiger partial charge in [0.05, 0.1) is 0 Å². The van der Waals surface area contributed by atoms with Crippen LogP contribution < -0.4 is 5.73 Å². The molecule has 4 bridgehead atoms. The first-order valence-corrected chi connectivity index (χ1v) is 8.46. The summed E-state index contributed by atoms with van der Waals surface area (Å²) in [6.45, 7) is 3.27. The van der Waals surface area contributed by atoms with Crippen molar-refractivity contribution >= 4 is 0 Å². The quantitative estimate of drug-likeness (QED) is 0.743. The van der Waals surface area contributed by atoms with Gasteiger partial charge in [-0.1, -0.05) is 19.8 Å². The highest BCUT2D eigenvalue weighted by Crippen LogP contribution is 2.63. The molecule has 0 amide bonds. The number of hydrogen-bond donors (Lipinski definition) is 1. The van der Waals surface area contributed by atoms with Crippen molar-refractivity contribution in [2.45, 2.75) is 71.1 Å². The minimum absolute atomic E-state index is 0.764. The highest BCUT2D eigenvalue weighted by molar-refractivity contribution is 5.03. The average Bonchev–Trinajstić information content (AvgIpc) is 2.32. The Morgan fingerprint density at radius 1 is 1.00 bits per heavy atom. The van der Waals surface area contributed by atoms with Gasteiger partial charge in [-0.15, -0.1) is 0 Å². The van der Waals surface area contributed by atoms with E-state index in [0.717, 1.165) is 35.6 Å². The van der Waals surface area contributed by atoms with E-state index >= 15 is 0 Å². The second-order valence-corrected chi connectivity index (χ2v) is 7.70. The summed E-state index contributed by atoms with van der Waals surface area (Å²) in [6, 6.07) is 0. The van der Waals surface area contributed by atoms with Gasteiger partial charge in [-0.3, -0.25) is 0 Å². The van der Waals surface area contributed by atoms with Crippen LogP contribution in [0.1, 0.15) is 71.1 Å². The van der Waals surface area contributed by atoms with Crippen molar-refractivity contribution in [1.82, 2.24) is 0 Å². The van der Waals surface area contributed by atoms with E-state index in [4.69, 9.17) is 5.73 Å². The fourth-order valence-corrected chi connectivity index (χ4v) is 6.15. The van der Waals surface area contributed by atoms with Gasteiger partial charge >= 0.3 is 0 Å². The summed E-state index contributed by atoms with van der Waals surface area (Å²) in [4.78, 5) is 0. The Hall–Kier alpha value is -0.0400. The Balaban J connectivity index is 1.75. The number of rotatable bonds is 6. The molecule has 0 aromatic rings. The van der Waals surface area contributed by atoms with Gasteiger partial charge in [0, 0.05) is 0 Å². The summed E-state index contributed by atoms with van der Waals surface area (Å²) in [5, 5.41) is 0. The molecule has 0 aromatic heterocycles. The van der Waals surface area contributed by atoms with Gasteiger partial charge in [0.25, 0.3) is 0 Å². The summed E-state index contributed by atoms with van der Waals surface area (Å²) in [5.41, 5.74) is 6.53. The molecule has 0 aliphatic heterocycles. The third-order valence-electron chi connectivity index (χ3n) is 6.35. The molecule has 0 radical (unpaired) electrons. The highest BCUT2D eigenvalue weighted by atomic mass is 14.6. The van der Waals surface area contributed by atoms with Crippen LogP contribution in [0.3, 0.4) is 0 Å². The zero-order chi connectivity index (χ0) is 12.6. The molecule has 4 saturated carbocycles. The molecule has 4 rings (SSSR count). The molecule has 4 aliphatic carbocycles. The van der Waals surface area contributed by atoms with Gasteiger partial charge < -0.3 is 5.73 Å². The molecule has 4 fully saturated rings. The van der Waals surface area contributed by atoms with Crippen molar-refractivity contribution in [3.05, 3.63) is 0 Å². The van der Waals surface area contributed by atoms with Crippen molar-refractivity contribution in [2.24, 2.45) is 34.8 Å². The largest absolute Gasteiger partial charge is 0.330 e. The van der Waals surface area contributed by atoms with Crippen molar-refractivity contribution in [1.29, 1.82) is 0 Å². The van der Waals surface area contributed by atoms with Gasteiger partial charge in [0.2, 0.25) is 0 Å². The molecule has 18 heavy (non-hydrogen) atoms. The smallest absolute Gasteiger partial charge is 0.00772 e. The number of hydrogen-bond acceptors (Lipinski definition) is 1. The Bertz CT molecular complexity index is 248. The third kappa shape index (κ3) is 2.24. The van der Waals surface area contributed by atoms with E-state index in [9.17, 15) is 0 Å². The topological polar surface area (TPSA) is 26.0 Å². The van der Waals surface area contributed by atoms with Crippen LogP contribution in [0.4, 0.5) is 0 Å². The Morgan fingerprint density at radius 3 is 2.00 bits per heavy atom. The maximum atomic E-state index is 5.76. The molecule has 1 heteroatoms. The predicted octanol–water partition coefficient (Wildman–Crippen LogP) is 4.36. The minimum atomic E-state index is 0.764. The highest BCUT2D eigenvalue weighted by Gasteiger charge is 2.53. The van der Waals surface area contributed by atoms with Crippen LogP contribution >= 0.6 is 0 Å². The van der Waals surface area contributed by atoms with Crippen molar-refractivity contribution in [3.8, 4) is 0 Å². The zero-order valence-corrected chi connectivity index (χ0v) is 12.2. The molecule has 0 saturated heterocycles. The van der Waals surface area contributed by atoms with Crippen LogP contribution in [0.2, 0.25) is 0 Å². The van der Waals surface area contributed by atoms with Crippen LogP contribution in [0, 0.1) is 29.1 Å². The normalized spacial score (nSPS) is 43.3. The van der Waals surface area contributed by atoms with E-state index in [1.54, 1.807) is 38.5 Å². The molecule has 0 heterocycles.